The van der Waals surface area contributed by atoms with Crippen molar-refractivity contribution >= 4 is 5.91 Å². The summed E-state index contributed by atoms with van der Waals surface area (Å²) < 4.78 is 11.4. The number of ether oxygens (including phenoxy) is 2. The van der Waals surface area contributed by atoms with Crippen molar-refractivity contribution in [3.05, 3.63) is 59.2 Å². The third-order valence-electron chi connectivity index (χ3n) is 4.34. The molecule has 0 unspecified atom stereocenters. The Morgan fingerprint density at radius 1 is 1.12 bits per heavy atom. The average Bonchev–Trinajstić information content (AvgIpc) is 2.90. The van der Waals surface area contributed by atoms with E-state index in [-0.39, 0.29) is 17.9 Å². The first kappa shape index (κ1) is 17.8. The van der Waals surface area contributed by atoms with E-state index in [2.05, 4.69) is 25.2 Å². The van der Waals surface area contributed by atoms with Gasteiger partial charge in [0, 0.05) is 12.0 Å². The molecule has 0 saturated heterocycles. The summed E-state index contributed by atoms with van der Waals surface area (Å²) in [4.78, 5) is 12.7. The smallest absolute Gasteiger partial charge is 0.251 e. The molecule has 1 aliphatic heterocycles. The summed E-state index contributed by atoms with van der Waals surface area (Å²) in [6, 6.07) is 14.4. The summed E-state index contributed by atoms with van der Waals surface area (Å²) in [7, 11) is 0. The van der Waals surface area contributed by atoms with Gasteiger partial charge in [-0.05, 0) is 41.8 Å². The zero-order chi connectivity index (χ0) is 18.5. The molecule has 2 aromatic carbocycles. The van der Waals surface area contributed by atoms with Crippen molar-refractivity contribution in [1.82, 2.24) is 5.32 Å². The Labute approximate surface area is 153 Å². The maximum absolute atomic E-state index is 12.7. The standard InChI is InChI=1S/C21H22N2O3/c1-14(2)20(23-21(24)17-6-3-5-15(11-17)13-22)16-7-8-18-19(12-16)26-10-4-9-25-18/h3,5-8,11-12,14,20H,4,9-10H2,1-2H3,(H,23,24)/t20-/m1/s1. The van der Waals surface area contributed by atoms with Gasteiger partial charge in [0.05, 0.1) is 30.9 Å². The first-order valence-electron chi connectivity index (χ1n) is 8.79. The third-order valence-corrected chi connectivity index (χ3v) is 4.34. The maximum Gasteiger partial charge on any atom is 0.251 e. The molecule has 1 heterocycles. The normalized spacial score (nSPS) is 14.2. The number of nitrogens with one attached hydrogen (secondary N) is 1. The fraction of sp³-hybridized carbons (Fsp3) is 0.333. The van der Waals surface area contributed by atoms with Crippen LogP contribution >= 0.6 is 0 Å². The van der Waals surface area contributed by atoms with Crippen LogP contribution in [-0.4, -0.2) is 19.1 Å². The highest BCUT2D eigenvalue weighted by molar-refractivity contribution is 5.94. The summed E-state index contributed by atoms with van der Waals surface area (Å²) in [5.74, 6) is 1.43. The van der Waals surface area contributed by atoms with Gasteiger partial charge in [-0.15, -0.1) is 0 Å². The third kappa shape index (κ3) is 3.97. The molecule has 5 heteroatoms. The second-order valence-electron chi connectivity index (χ2n) is 6.64. The number of hydrogen-bond acceptors (Lipinski definition) is 4. The molecule has 1 N–H and O–H groups in total. The molecular weight excluding hydrogens is 328 g/mol. The maximum atomic E-state index is 12.7. The van der Waals surface area contributed by atoms with Crippen LogP contribution in [0.5, 0.6) is 11.5 Å². The highest BCUT2D eigenvalue weighted by Crippen LogP contribution is 2.34. The van der Waals surface area contributed by atoms with Gasteiger partial charge >= 0.3 is 0 Å². The van der Waals surface area contributed by atoms with Crippen molar-refractivity contribution < 1.29 is 14.3 Å². The Balaban J connectivity index is 1.84. The molecule has 1 aliphatic rings. The van der Waals surface area contributed by atoms with Crippen LogP contribution in [0.15, 0.2) is 42.5 Å². The van der Waals surface area contributed by atoms with Gasteiger partial charge < -0.3 is 14.8 Å². The van der Waals surface area contributed by atoms with Crippen LogP contribution in [0, 0.1) is 17.2 Å². The van der Waals surface area contributed by atoms with Crippen molar-refractivity contribution in [2.24, 2.45) is 5.92 Å². The zero-order valence-electron chi connectivity index (χ0n) is 15.0. The monoisotopic (exact) mass is 350 g/mol. The number of benzene rings is 2. The lowest BCUT2D eigenvalue weighted by molar-refractivity contribution is 0.0925. The molecule has 0 spiro atoms. The Morgan fingerprint density at radius 2 is 1.88 bits per heavy atom. The summed E-state index contributed by atoms with van der Waals surface area (Å²) in [6.45, 7) is 5.38. The largest absolute Gasteiger partial charge is 0.490 e. The molecule has 134 valence electrons. The zero-order valence-corrected chi connectivity index (χ0v) is 15.0. The van der Waals surface area contributed by atoms with Crippen LogP contribution in [0.4, 0.5) is 0 Å². The van der Waals surface area contributed by atoms with Gasteiger partial charge in [0.15, 0.2) is 11.5 Å². The minimum Gasteiger partial charge on any atom is -0.490 e. The number of rotatable bonds is 4. The van der Waals surface area contributed by atoms with Crippen molar-refractivity contribution in [2.45, 2.75) is 26.3 Å². The number of nitrogens with zero attached hydrogens (tertiary/aromatic N) is 1. The summed E-state index contributed by atoms with van der Waals surface area (Å²) in [5, 5.41) is 12.1. The molecule has 26 heavy (non-hydrogen) atoms. The Hall–Kier alpha value is -3.00. The molecular formula is C21H22N2O3. The molecule has 0 saturated carbocycles. The lowest BCUT2D eigenvalue weighted by Gasteiger charge is -2.24. The van der Waals surface area contributed by atoms with Crippen molar-refractivity contribution in [3.8, 4) is 17.6 Å². The average molecular weight is 350 g/mol. The molecule has 2 aromatic rings. The molecule has 5 nitrogen and oxygen atoms in total. The number of amides is 1. The van der Waals surface area contributed by atoms with Crippen molar-refractivity contribution in [1.29, 1.82) is 5.26 Å². The van der Waals surface area contributed by atoms with Gasteiger partial charge in [-0.3, -0.25) is 4.79 Å². The topological polar surface area (TPSA) is 71.4 Å². The number of nitriles is 1. The van der Waals surface area contributed by atoms with Gasteiger partial charge in [0.2, 0.25) is 0 Å². The van der Waals surface area contributed by atoms with E-state index in [9.17, 15) is 4.79 Å². The second-order valence-corrected chi connectivity index (χ2v) is 6.64. The predicted octanol–water partition coefficient (Wildman–Crippen LogP) is 3.85. The molecule has 0 radical (unpaired) electrons. The summed E-state index contributed by atoms with van der Waals surface area (Å²) >= 11 is 0. The minimum absolute atomic E-state index is 0.176. The first-order chi connectivity index (χ1) is 12.6. The van der Waals surface area contributed by atoms with Crippen molar-refractivity contribution in [3.63, 3.8) is 0 Å². The lowest BCUT2D eigenvalue weighted by Crippen LogP contribution is -2.31. The SMILES string of the molecule is CC(C)[C@@H](NC(=O)c1cccc(C#N)c1)c1ccc2c(c1)OCCCO2. The van der Waals surface area contributed by atoms with Crippen LogP contribution in [0.1, 0.15) is 47.8 Å². The van der Waals surface area contributed by atoms with Crippen LogP contribution < -0.4 is 14.8 Å². The minimum atomic E-state index is -0.201. The van der Waals surface area contributed by atoms with Crippen molar-refractivity contribution in [2.75, 3.05) is 13.2 Å². The first-order valence-corrected chi connectivity index (χ1v) is 8.79. The van der Waals surface area contributed by atoms with E-state index in [4.69, 9.17) is 14.7 Å². The molecule has 0 bridgehead atoms. The fourth-order valence-electron chi connectivity index (χ4n) is 2.96. The van der Waals surface area contributed by atoms with Gasteiger partial charge in [0.25, 0.3) is 5.91 Å². The molecule has 0 aliphatic carbocycles. The summed E-state index contributed by atoms with van der Waals surface area (Å²) in [6.07, 6.45) is 0.851. The van der Waals surface area contributed by atoms with E-state index in [0.29, 0.717) is 30.1 Å². The molecule has 0 aromatic heterocycles. The number of carbonyl (C=O) groups excluding carboxylic acids is 1. The Morgan fingerprint density at radius 3 is 2.62 bits per heavy atom. The summed E-state index contributed by atoms with van der Waals surface area (Å²) in [5.41, 5.74) is 1.91. The van der Waals surface area contributed by atoms with Crippen LogP contribution in [0.25, 0.3) is 0 Å². The molecule has 3 rings (SSSR count). The predicted molar refractivity (Wildman–Crippen MR) is 98.3 cm³/mol. The molecule has 0 fully saturated rings. The quantitative estimate of drug-likeness (QED) is 0.909. The number of fused-ring (bicyclic) bond motifs is 1. The van der Waals surface area contributed by atoms with Crippen LogP contribution in [-0.2, 0) is 0 Å². The van der Waals surface area contributed by atoms with Gasteiger partial charge in [-0.25, -0.2) is 0 Å². The highest BCUT2D eigenvalue weighted by atomic mass is 16.5. The van der Waals surface area contributed by atoms with E-state index < -0.39 is 0 Å². The van der Waals surface area contributed by atoms with Gasteiger partial charge in [-0.2, -0.15) is 5.26 Å². The van der Waals surface area contributed by atoms with Gasteiger partial charge in [0.1, 0.15) is 0 Å². The number of hydrogen-bond donors (Lipinski definition) is 1. The van der Waals surface area contributed by atoms with E-state index in [1.807, 2.05) is 18.2 Å². The molecule has 1 atom stereocenters. The Kier molecular flexibility index (Phi) is 5.43. The Bertz CT molecular complexity index is 839. The highest BCUT2D eigenvalue weighted by Gasteiger charge is 2.21. The van der Waals surface area contributed by atoms with Crippen LogP contribution in [0.2, 0.25) is 0 Å². The van der Waals surface area contributed by atoms with Gasteiger partial charge in [-0.1, -0.05) is 26.0 Å². The fourth-order valence-corrected chi connectivity index (χ4v) is 2.96. The molecule has 1 amide bonds. The van der Waals surface area contributed by atoms with Crippen LogP contribution in [0.3, 0.4) is 0 Å². The second kappa shape index (κ2) is 7.92. The van der Waals surface area contributed by atoms with E-state index in [1.54, 1.807) is 24.3 Å². The number of carbonyl (C=O) groups is 1. The van der Waals surface area contributed by atoms with E-state index >= 15 is 0 Å². The van der Waals surface area contributed by atoms with E-state index in [1.165, 1.54) is 0 Å². The van der Waals surface area contributed by atoms with E-state index in [0.717, 1.165) is 17.7 Å². The lowest BCUT2D eigenvalue weighted by atomic mass is 9.95.